The van der Waals surface area contributed by atoms with Crippen LogP contribution in [0.4, 0.5) is 5.69 Å². The average molecular weight is 481 g/mol. The van der Waals surface area contributed by atoms with Crippen molar-refractivity contribution >= 4 is 51.5 Å². The van der Waals surface area contributed by atoms with E-state index in [9.17, 15) is 9.59 Å². The Morgan fingerprint density at radius 1 is 0.848 bits per heavy atom. The van der Waals surface area contributed by atoms with Gasteiger partial charge in [-0.3, -0.25) is 9.59 Å². The van der Waals surface area contributed by atoms with Gasteiger partial charge in [0.15, 0.2) is 0 Å². The maximum atomic E-state index is 13.7. The number of hydrogen-bond donors (Lipinski definition) is 1. The van der Waals surface area contributed by atoms with Gasteiger partial charge in [-0.05, 0) is 67.3 Å². The van der Waals surface area contributed by atoms with Crippen molar-refractivity contribution in [3.8, 4) is 0 Å². The minimum atomic E-state index is -0.318. The number of rotatable bonds is 3. The number of nitrogens with zero attached hydrogens (tertiary/aromatic N) is 1. The number of carbonyl (C=O) groups is 2. The highest BCUT2D eigenvalue weighted by Crippen LogP contribution is 2.37. The highest BCUT2D eigenvalue weighted by molar-refractivity contribution is 6.37. The zero-order chi connectivity index (χ0) is 22.9. The first-order valence-corrected chi connectivity index (χ1v) is 12.4. The Bertz CT molecular complexity index is 1220. The van der Waals surface area contributed by atoms with Crippen LogP contribution >= 0.6 is 23.2 Å². The van der Waals surface area contributed by atoms with Crippen LogP contribution in [-0.4, -0.2) is 29.3 Å². The molecule has 1 saturated heterocycles. The van der Waals surface area contributed by atoms with Crippen LogP contribution in [0.3, 0.4) is 0 Å². The summed E-state index contributed by atoms with van der Waals surface area (Å²) >= 11 is 12.2. The van der Waals surface area contributed by atoms with Crippen molar-refractivity contribution in [3.63, 3.8) is 0 Å². The van der Waals surface area contributed by atoms with Crippen LogP contribution in [0.1, 0.15) is 59.2 Å². The quantitative estimate of drug-likeness (QED) is 0.430. The van der Waals surface area contributed by atoms with E-state index in [1.807, 2.05) is 36.4 Å². The Morgan fingerprint density at radius 3 is 2.39 bits per heavy atom. The van der Waals surface area contributed by atoms with Crippen molar-refractivity contribution in [1.82, 2.24) is 4.90 Å². The maximum absolute atomic E-state index is 13.7. The zero-order valence-corrected chi connectivity index (χ0v) is 19.8. The molecule has 1 N–H and O–H groups in total. The molecule has 0 aromatic heterocycles. The molecule has 2 unspecified atom stereocenters. The number of hydrogen-bond acceptors (Lipinski definition) is 2. The second kappa shape index (κ2) is 9.36. The summed E-state index contributed by atoms with van der Waals surface area (Å²) in [6.45, 7) is 0.821. The summed E-state index contributed by atoms with van der Waals surface area (Å²) < 4.78 is 0. The van der Waals surface area contributed by atoms with Gasteiger partial charge < -0.3 is 10.2 Å². The molecule has 170 valence electrons. The smallest absolute Gasteiger partial charge is 0.257 e. The summed E-state index contributed by atoms with van der Waals surface area (Å²) in [5.74, 6) is 0.411. The van der Waals surface area contributed by atoms with E-state index in [4.69, 9.17) is 23.2 Å². The summed E-state index contributed by atoms with van der Waals surface area (Å²) in [7, 11) is 0. The predicted octanol–water partition coefficient (Wildman–Crippen LogP) is 7.19. The van der Waals surface area contributed by atoms with E-state index in [2.05, 4.69) is 10.2 Å². The second-order valence-electron chi connectivity index (χ2n) is 9.04. The molecule has 2 aliphatic rings. The maximum Gasteiger partial charge on any atom is 0.257 e. The molecule has 3 aromatic carbocycles. The Hall–Kier alpha value is -2.56. The molecular weight excluding hydrogens is 455 g/mol. The number of piperidine rings is 1. The molecule has 3 aromatic rings. The van der Waals surface area contributed by atoms with E-state index in [1.165, 1.54) is 25.7 Å². The Kier molecular flexibility index (Phi) is 6.31. The van der Waals surface area contributed by atoms with E-state index in [1.54, 1.807) is 18.2 Å². The molecular formula is C27H26Cl2N2O2. The molecule has 2 amide bonds. The zero-order valence-electron chi connectivity index (χ0n) is 18.3. The van der Waals surface area contributed by atoms with Crippen LogP contribution in [0.15, 0.2) is 54.6 Å². The van der Waals surface area contributed by atoms with Crippen LogP contribution in [0.2, 0.25) is 10.0 Å². The average Bonchev–Trinajstić information content (AvgIpc) is 2.83. The molecule has 0 spiro atoms. The number of anilines is 1. The number of nitrogens with one attached hydrogen (secondary N) is 1. The van der Waals surface area contributed by atoms with Gasteiger partial charge in [0.2, 0.25) is 0 Å². The third-order valence-corrected chi connectivity index (χ3v) is 7.63. The number of likely N-dealkylation sites (tertiary alicyclic amines) is 1. The lowest BCUT2D eigenvalue weighted by Gasteiger charge is -2.44. The van der Waals surface area contributed by atoms with Crippen molar-refractivity contribution < 1.29 is 9.59 Å². The van der Waals surface area contributed by atoms with Gasteiger partial charge >= 0.3 is 0 Å². The van der Waals surface area contributed by atoms with Gasteiger partial charge in [0.1, 0.15) is 0 Å². The topological polar surface area (TPSA) is 49.4 Å². The molecule has 1 heterocycles. The van der Waals surface area contributed by atoms with Crippen LogP contribution in [-0.2, 0) is 0 Å². The van der Waals surface area contributed by atoms with Crippen LogP contribution < -0.4 is 5.32 Å². The highest BCUT2D eigenvalue weighted by atomic mass is 35.5. The van der Waals surface area contributed by atoms with Gasteiger partial charge in [-0.1, -0.05) is 60.3 Å². The molecule has 5 rings (SSSR count). The van der Waals surface area contributed by atoms with Crippen molar-refractivity contribution in [2.75, 3.05) is 11.9 Å². The predicted molar refractivity (Wildman–Crippen MR) is 134 cm³/mol. The van der Waals surface area contributed by atoms with Gasteiger partial charge in [0.25, 0.3) is 11.8 Å². The van der Waals surface area contributed by atoms with E-state index >= 15 is 0 Å². The van der Waals surface area contributed by atoms with Crippen LogP contribution in [0, 0.1) is 5.92 Å². The normalized spacial score (nSPS) is 20.4. The number of carbonyl (C=O) groups excluding carboxylic acids is 2. The highest BCUT2D eigenvalue weighted by Gasteiger charge is 2.36. The van der Waals surface area contributed by atoms with Gasteiger partial charge in [0, 0.05) is 34.2 Å². The summed E-state index contributed by atoms with van der Waals surface area (Å²) in [4.78, 5) is 28.7. The molecule has 1 aliphatic carbocycles. The third kappa shape index (κ3) is 4.34. The van der Waals surface area contributed by atoms with Crippen molar-refractivity contribution in [3.05, 3.63) is 75.8 Å². The summed E-state index contributed by atoms with van der Waals surface area (Å²) in [5, 5.41) is 5.41. The van der Waals surface area contributed by atoms with Gasteiger partial charge in [-0.2, -0.15) is 0 Å². The first kappa shape index (κ1) is 22.2. The minimum Gasteiger partial charge on any atom is -0.335 e. The van der Waals surface area contributed by atoms with E-state index in [0.29, 0.717) is 38.8 Å². The molecule has 0 bridgehead atoms. The molecule has 6 heteroatoms. The SMILES string of the molecule is O=C(Nc1ccc(C(=O)N2CCCC3CCCCC32)c2ccccc12)c1ccc(Cl)cc1Cl. The Morgan fingerprint density at radius 2 is 1.58 bits per heavy atom. The van der Waals surface area contributed by atoms with Gasteiger partial charge in [-0.15, -0.1) is 0 Å². The molecule has 2 atom stereocenters. The third-order valence-electron chi connectivity index (χ3n) is 7.08. The summed E-state index contributed by atoms with van der Waals surface area (Å²) in [6, 6.07) is 16.5. The monoisotopic (exact) mass is 480 g/mol. The number of fused-ring (bicyclic) bond motifs is 2. The lowest BCUT2D eigenvalue weighted by Crippen LogP contribution is -2.49. The Balaban J connectivity index is 1.47. The fourth-order valence-electron chi connectivity index (χ4n) is 5.49. The molecule has 33 heavy (non-hydrogen) atoms. The second-order valence-corrected chi connectivity index (χ2v) is 9.88. The van der Waals surface area contributed by atoms with Gasteiger partial charge in [0.05, 0.1) is 10.6 Å². The molecule has 1 aliphatic heterocycles. The molecule has 0 radical (unpaired) electrons. The largest absolute Gasteiger partial charge is 0.335 e. The molecule has 1 saturated carbocycles. The fraction of sp³-hybridized carbons (Fsp3) is 0.333. The first-order valence-electron chi connectivity index (χ1n) is 11.6. The standard InChI is InChI=1S/C27H26Cl2N2O2/c28-18-11-12-22(23(29)16-18)26(32)30-24-14-13-21(19-8-2-3-9-20(19)24)27(33)31-15-5-7-17-6-1-4-10-25(17)31/h2-3,8-9,11-14,16-17,25H,1,4-7,10,15H2,(H,30,32). The Labute approximate surface area is 203 Å². The van der Waals surface area contributed by atoms with Gasteiger partial charge in [-0.25, -0.2) is 0 Å². The number of benzene rings is 3. The lowest BCUT2D eigenvalue weighted by atomic mass is 9.78. The van der Waals surface area contributed by atoms with E-state index in [-0.39, 0.29) is 11.8 Å². The summed E-state index contributed by atoms with van der Waals surface area (Å²) in [5.41, 5.74) is 1.69. The molecule has 4 nitrogen and oxygen atoms in total. The van der Waals surface area contributed by atoms with Crippen molar-refractivity contribution in [2.24, 2.45) is 5.92 Å². The minimum absolute atomic E-state index is 0.0985. The number of amides is 2. The van der Waals surface area contributed by atoms with E-state index < -0.39 is 0 Å². The summed E-state index contributed by atoms with van der Waals surface area (Å²) in [6.07, 6.45) is 7.11. The van der Waals surface area contributed by atoms with Crippen molar-refractivity contribution in [2.45, 2.75) is 44.6 Å². The number of halogens is 2. The van der Waals surface area contributed by atoms with Crippen LogP contribution in [0.25, 0.3) is 10.8 Å². The molecule has 2 fully saturated rings. The first-order chi connectivity index (χ1) is 16.0. The van der Waals surface area contributed by atoms with E-state index in [0.717, 1.165) is 30.2 Å². The van der Waals surface area contributed by atoms with Crippen LogP contribution in [0.5, 0.6) is 0 Å². The van der Waals surface area contributed by atoms with Crippen molar-refractivity contribution in [1.29, 1.82) is 0 Å². The lowest BCUT2D eigenvalue weighted by molar-refractivity contribution is 0.0392. The fourth-order valence-corrected chi connectivity index (χ4v) is 5.98.